The van der Waals surface area contributed by atoms with Gasteiger partial charge in [0.25, 0.3) is 0 Å². The van der Waals surface area contributed by atoms with Crippen LogP contribution in [0.2, 0.25) is 0 Å². The van der Waals surface area contributed by atoms with E-state index in [1.807, 2.05) is 50.6 Å². The van der Waals surface area contributed by atoms with Gasteiger partial charge in [0.15, 0.2) is 0 Å². The van der Waals surface area contributed by atoms with Gasteiger partial charge in [0.2, 0.25) is 5.91 Å². The highest BCUT2D eigenvalue weighted by Crippen LogP contribution is 2.18. The molecule has 1 unspecified atom stereocenters. The van der Waals surface area contributed by atoms with Crippen LogP contribution in [0.4, 0.5) is 4.39 Å². The number of halogens is 1. The Balaban J connectivity index is 1.93. The number of nitrogens with one attached hydrogen (secondary N) is 1. The zero-order valence-electron chi connectivity index (χ0n) is 15.6. The van der Waals surface area contributed by atoms with Crippen LogP contribution in [0.5, 0.6) is 0 Å². The molecule has 1 aromatic heterocycles. The van der Waals surface area contributed by atoms with Gasteiger partial charge in [-0.2, -0.15) is 5.10 Å². The Kier molecular flexibility index (Phi) is 6.31. The van der Waals surface area contributed by atoms with E-state index in [2.05, 4.69) is 10.4 Å². The third kappa shape index (κ3) is 4.89. The van der Waals surface area contributed by atoms with Crippen molar-refractivity contribution in [1.29, 1.82) is 0 Å². The van der Waals surface area contributed by atoms with E-state index < -0.39 is 0 Å². The minimum Gasteiger partial charge on any atom is -0.354 e. The minimum absolute atomic E-state index is 0.00842. The number of hydrogen-bond acceptors (Lipinski definition) is 3. The first-order valence-corrected chi connectivity index (χ1v) is 8.47. The van der Waals surface area contributed by atoms with Crippen LogP contribution in [0.3, 0.4) is 0 Å². The molecule has 0 saturated heterocycles. The number of likely N-dealkylation sites (N-methyl/N-ethyl adjacent to an activating group) is 1. The molecular formula is C19H27FN4O. The van der Waals surface area contributed by atoms with Crippen LogP contribution in [0.1, 0.15) is 35.0 Å². The molecule has 2 aromatic rings. The Hall–Kier alpha value is -2.21. The molecule has 1 atom stereocenters. The van der Waals surface area contributed by atoms with Crippen LogP contribution in [-0.4, -0.2) is 41.2 Å². The second kappa shape index (κ2) is 8.25. The molecule has 0 aliphatic rings. The Morgan fingerprint density at radius 1 is 1.36 bits per heavy atom. The number of aryl methyl sites for hydroxylation is 2. The zero-order chi connectivity index (χ0) is 18.6. The van der Waals surface area contributed by atoms with Crippen LogP contribution in [0, 0.1) is 19.7 Å². The second-order valence-electron chi connectivity index (χ2n) is 6.61. The summed E-state index contributed by atoms with van der Waals surface area (Å²) in [6.45, 7) is 4.42. The van der Waals surface area contributed by atoms with Crippen molar-refractivity contribution >= 4 is 5.91 Å². The number of nitrogens with zero attached hydrogens (tertiary/aromatic N) is 3. The fraction of sp³-hybridized carbons (Fsp3) is 0.474. The average molecular weight is 346 g/mol. The van der Waals surface area contributed by atoms with E-state index in [4.69, 9.17) is 0 Å². The number of benzene rings is 1. The lowest BCUT2D eigenvalue weighted by Crippen LogP contribution is -2.34. The summed E-state index contributed by atoms with van der Waals surface area (Å²) in [5.74, 6) is -0.274. The van der Waals surface area contributed by atoms with Gasteiger partial charge in [-0.15, -0.1) is 0 Å². The lowest BCUT2D eigenvalue weighted by molar-refractivity contribution is -0.121. The predicted octanol–water partition coefficient (Wildman–Crippen LogP) is 2.53. The summed E-state index contributed by atoms with van der Waals surface area (Å²) in [6, 6.07) is 6.44. The fourth-order valence-electron chi connectivity index (χ4n) is 3.03. The van der Waals surface area contributed by atoms with E-state index in [0.717, 1.165) is 22.5 Å². The molecule has 0 bridgehead atoms. The minimum atomic E-state index is -0.266. The van der Waals surface area contributed by atoms with Gasteiger partial charge in [0.1, 0.15) is 5.82 Å². The maximum atomic E-state index is 13.5. The summed E-state index contributed by atoms with van der Waals surface area (Å²) in [5, 5.41) is 7.34. The van der Waals surface area contributed by atoms with Gasteiger partial charge in [-0.3, -0.25) is 9.48 Å². The van der Waals surface area contributed by atoms with Gasteiger partial charge in [-0.25, -0.2) is 4.39 Å². The zero-order valence-corrected chi connectivity index (χ0v) is 15.6. The first kappa shape index (κ1) is 19.1. The van der Waals surface area contributed by atoms with E-state index in [1.165, 1.54) is 12.1 Å². The second-order valence-corrected chi connectivity index (χ2v) is 6.61. The van der Waals surface area contributed by atoms with Crippen LogP contribution in [0.25, 0.3) is 0 Å². The molecule has 0 fully saturated rings. The average Bonchev–Trinajstić information content (AvgIpc) is 2.78. The topological polar surface area (TPSA) is 50.2 Å². The summed E-state index contributed by atoms with van der Waals surface area (Å²) in [6.07, 6.45) is 1.08. The molecule has 1 aromatic carbocycles. The van der Waals surface area contributed by atoms with Gasteiger partial charge in [0, 0.05) is 25.7 Å². The highest BCUT2D eigenvalue weighted by atomic mass is 19.1. The summed E-state index contributed by atoms with van der Waals surface area (Å²) < 4.78 is 15.3. The monoisotopic (exact) mass is 346 g/mol. The summed E-state index contributed by atoms with van der Waals surface area (Å²) in [5.41, 5.74) is 4.05. The molecule has 1 amide bonds. The maximum absolute atomic E-state index is 13.5. The SMILES string of the molecule is Cc1nn(C)c(C)c1CCC(=O)NCC(c1cccc(F)c1)N(C)C. The molecule has 2 rings (SSSR count). The normalized spacial score (nSPS) is 12.4. The van der Waals surface area contributed by atoms with Crippen molar-refractivity contribution in [3.8, 4) is 0 Å². The number of carbonyl (C=O) groups excluding carboxylic acids is 1. The highest BCUT2D eigenvalue weighted by molar-refractivity contribution is 5.76. The number of aromatic nitrogens is 2. The predicted molar refractivity (Wildman–Crippen MR) is 96.8 cm³/mol. The third-order valence-corrected chi connectivity index (χ3v) is 4.61. The molecule has 25 heavy (non-hydrogen) atoms. The number of hydrogen-bond donors (Lipinski definition) is 1. The summed E-state index contributed by atoms with van der Waals surface area (Å²) in [4.78, 5) is 14.2. The van der Waals surface area contributed by atoms with Crippen LogP contribution in [-0.2, 0) is 18.3 Å². The maximum Gasteiger partial charge on any atom is 0.220 e. The van der Waals surface area contributed by atoms with Gasteiger partial charge >= 0.3 is 0 Å². The highest BCUT2D eigenvalue weighted by Gasteiger charge is 2.17. The molecular weight excluding hydrogens is 319 g/mol. The Labute approximate surface area is 148 Å². The van der Waals surface area contributed by atoms with Gasteiger partial charge in [0.05, 0.1) is 11.7 Å². The van der Waals surface area contributed by atoms with E-state index in [-0.39, 0.29) is 17.8 Å². The van der Waals surface area contributed by atoms with E-state index >= 15 is 0 Å². The van der Waals surface area contributed by atoms with Crippen molar-refractivity contribution in [2.24, 2.45) is 7.05 Å². The largest absolute Gasteiger partial charge is 0.354 e. The van der Waals surface area contributed by atoms with E-state index in [9.17, 15) is 9.18 Å². The first-order valence-electron chi connectivity index (χ1n) is 8.47. The number of rotatable bonds is 7. The molecule has 0 spiro atoms. The van der Waals surface area contributed by atoms with E-state index in [0.29, 0.717) is 19.4 Å². The van der Waals surface area contributed by atoms with Gasteiger partial charge < -0.3 is 10.2 Å². The van der Waals surface area contributed by atoms with Crippen molar-refractivity contribution < 1.29 is 9.18 Å². The van der Waals surface area contributed by atoms with Crippen molar-refractivity contribution in [2.75, 3.05) is 20.6 Å². The molecule has 136 valence electrons. The molecule has 5 nitrogen and oxygen atoms in total. The fourth-order valence-corrected chi connectivity index (χ4v) is 3.03. The summed E-state index contributed by atoms with van der Waals surface area (Å²) in [7, 11) is 5.75. The Morgan fingerprint density at radius 2 is 2.08 bits per heavy atom. The van der Waals surface area contributed by atoms with Crippen LogP contribution in [0.15, 0.2) is 24.3 Å². The standard InChI is InChI=1S/C19H27FN4O/c1-13-17(14(2)24(5)22-13)9-10-19(25)21-12-18(23(3)4)15-7-6-8-16(20)11-15/h6-8,11,18H,9-10,12H2,1-5H3,(H,21,25). The molecule has 0 radical (unpaired) electrons. The molecule has 0 saturated carbocycles. The van der Waals surface area contributed by atoms with E-state index in [1.54, 1.807) is 6.07 Å². The third-order valence-electron chi connectivity index (χ3n) is 4.61. The molecule has 1 N–H and O–H groups in total. The quantitative estimate of drug-likeness (QED) is 0.838. The van der Waals surface area contributed by atoms with Crippen molar-refractivity contribution in [2.45, 2.75) is 32.7 Å². The smallest absolute Gasteiger partial charge is 0.220 e. The molecule has 0 aliphatic heterocycles. The van der Waals surface area contributed by atoms with Gasteiger partial charge in [-0.05, 0) is 57.6 Å². The summed E-state index contributed by atoms with van der Waals surface area (Å²) >= 11 is 0. The van der Waals surface area contributed by atoms with Crippen molar-refractivity contribution in [3.05, 3.63) is 52.6 Å². The molecule has 1 heterocycles. The van der Waals surface area contributed by atoms with Crippen LogP contribution >= 0.6 is 0 Å². The first-order chi connectivity index (χ1) is 11.8. The Morgan fingerprint density at radius 3 is 2.64 bits per heavy atom. The number of carbonyl (C=O) groups is 1. The number of amides is 1. The molecule has 6 heteroatoms. The lowest BCUT2D eigenvalue weighted by Gasteiger charge is -2.25. The van der Waals surface area contributed by atoms with Gasteiger partial charge in [-0.1, -0.05) is 12.1 Å². The molecule has 0 aliphatic carbocycles. The van der Waals surface area contributed by atoms with Crippen molar-refractivity contribution in [1.82, 2.24) is 20.0 Å². The van der Waals surface area contributed by atoms with Crippen molar-refractivity contribution in [3.63, 3.8) is 0 Å². The van der Waals surface area contributed by atoms with Crippen LogP contribution < -0.4 is 5.32 Å². The Bertz CT molecular complexity index is 739. The lowest BCUT2D eigenvalue weighted by atomic mass is 10.1.